The molecule has 4 rings (SSSR count). The molecule has 0 unspecified atom stereocenters. The summed E-state index contributed by atoms with van der Waals surface area (Å²) in [7, 11) is -3.31. The lowest BCUT2D eigenvalue weighted by Crippen LogP contribution is -2.14. The molecule has 0 saturated heterocycles. The number of hydrogen-bond donors (Lipinski definition) is 2. The maximum Gasteiger partial charge on any atom is 0.276 e. The number of anilines is 1. The molecular weight excluding hydrogens is 364 g/mol. The summed E-state index contributed by atoms with van der Waals surface area (Å²) in [6.07, 6.45) is 1.64. The van der Waals surface area contributed by atoms with Crippen LogP contribution in [0, 0.1) is 0 Å². The van der Waals surface area contributed by atoms with E-state index in [1.165, 1.54) is 12.1 Å². The SMILES string of the molecule is CCS(=O)(=O)c1ccc2nc(NC(=O)c3cc4ccccc4cn3)[nH]c2c1. The molecule has 4 aromatic rings. The summed E-state index contributed by atoms with van der Waals surface area (Å²) in [5, 5.41) is 4.53. The van der Waals surface area contributed by atoms with Gasteiger partial charge < -0.3 is 4.98 Å². The number of hydrogen-bond acceptors (Lipinski definition) is 5. The van der Waals surface area contributed by atoms with E-state index in [-0.39, 0.29) is 22.3 Å². The Morgan fingerprint density at radius 3 is 2.67 bits per heavy atom. The van der Waals surface area contributed by atoms with Gasteiger partial charge in [0, 0.05) is 11.6 Å². The molecule has 0 saturated carbocycles. The standard InChI is InChI=1S/C19H16N4O3S/c1-2-27(25,26)14-7-8-15-16(10-14)22-19(21-15)23-18(24)17-9-12-5-3-4-6-13(12)11-20-17/h3-11H,2H2,1H3,(H2,21,22,23,24). The van der Waals surface area contributed by atoms with Gasteiger partial charge in [-0.2, -0.15) is 0 Å². The summed E-state index contributed by atoms with van der Waals surface area (Å²) in [5.74, 6) is -0.152. The first-order valence-corrected chi connectivity index (χ1v) is 10.0. The lowest BCUT2D eigenvalue weighted by Gasteiger charge is -2.03. The molecule has 0 aliphatic carbocycles. The molecule has 136 valence electrons. The highest BCUT2D eigenvalue weighted by molar-refractivity contribution is 7.91. The normalized spacial score (nSPS) is 11.7. The number of aromatic nitrogens is 3. The highest BCUT2D eigenvalue weighted by atomic mass is 32.2. The number of pyridine rings is 1. The average molecular weight is 380 g/mol. The van der Waals surface area contributed by atoms with Crippen molar-refractivity contribution in [2.45, 2.75) is 11.8 Å². The van der Waals surface area contributed by atoms with Crippen LogP contribution in [0.5, 0.6) is 0 Å². The van der Waals surface area contributed by atoms with E-state index in [9.17, 15) is 13.2 Å². The maximum atomic E-state index is 12.5. The maximum absolute atomic E-state index is 12.5. The molecular formula is C19H16N4O3S. The van der Waals surface area contributed by atoms with Gasteiger partial charge in [-0.1, -0.05) is 31.2 Å². The van der Waals surface area contributed by atoms with Crippen LogP contribution in [0.15, 0.2) is 59.6 Å². The van der Waals surface area contributed by atoms with Crippen LogP contribution in [-0.4, -0.2) is 35.0 Å². The van der Waals surface area contributed by atoms with E-state index in [0.717, 1.165) is 10.8 Å². The largest absolute Gasteiger partial charge is 0.324 e. The Bertz CT molecular complexity index is 1280. The Labute approximate surface area is 155 Å². The first-order chi connectivity index (χ1) is 13.0. The number of sulfone groups is 1. The molecule has 27 heavy (non-hydrogen) atoms. The van der Waals surface area contributed by atoms with Crippen molar-refractivity contribution in [3.05, 3.63) is 60.4 Å². The number of amides is 1. The Kier molecular flexibility index (Phi) is 4.12. The number of nitrogens with zero attached hydrogens (tertiary/aromatic N) is 2. The predicted molar refractivity (Wildman–Crippen MR) is 104 cm³/mol. The molecule has 2 N–H and O–H groups in total. The van der Waals surface area contributed by atoms with Crippen LogP contribution in [0.4, 0.5) is 5.95 Å². The second-order valence-corrected chi connectivity index (χ2v) is 8.32. The van der Waals surface area contributed by atoms with Crippen molar-refractivity contribution in [3.8, 4) is 0 Å². The van der Waals surface area contributed by atoms with Gasteiger partial charge in [0.1, 0.15) is 5.69 Å². The summed E-state index contributed by atoms with van der Waals surface area (Å²) >= 11 is 0. The summed E-state index contributed by atoms with van der Waals surface area (Å²) in [6, 6.07) is 14.0. The van der Waals surface area contributed by atoms with E-state index in [2.05, 4.69) is 20.3 Å². The molecule has 7 nitrogen and oxygen atoms in total. The first-order valence-electron chi connectivity index (χ1n) is 8.35. The fraction of sp³-hybridized carbons (Fsp3) is 0.105. The molecule has 0 radical (unpaired) electrons. The third kappa shape index (κ3) is 3.26. The lowest BCUT2D eigenvalue weighted by molar-refractivity contribution is 0.102. The lowest BCUT2D eigenvalue weighted by atomic mass is 10.1. The molecule has 1 amide bonds. The van der Waals surface area contributed by atoms with Crippen molar-refractivity contribution < 1.29 is 13.2 Å². The zero-order valence-corrected chi connectivity index (χ0v) is 15.2. The monoisotopic (exact) mass is 380 g/mol. The molecule has 2 heterocycles. The van der Waals surface area contributed by atoms with Gasteiger partial charge in [-0.3, -0.25) is 15.1 Å². The minimum atomic E-state index is -3.31. The van der Waals surface area contributed by atoms with Crippen LogP contribution in [0.3, 0.4) is 0 Å². The number of aromatic amines is 1. The second-order valence-electron chi connectivity index (χ2n) is 6.04. The van der Waals surface area contributed by atoms with Crippen LogP contribution < -0.4 is 5.32 Å². The van der Waals surface area contributed by atoms with Crippen molar-refractivity contribution in [1.29, 1.82) is 0 Å². The zero-order chi connectivity index (χ0) is 19.0. The van der Waals surface area contributed by atoms with Crippen LogP contribution in [0.1, 0.15) is 17.4 Å². The smallest absolute Gasteiger partial charge is 0.276 e. The van der Waals surface area contributed by atoms with E-state index in [4.69, 9.17) is 0 Å². The van der Waals surface area contributed by atoms with Gasteiger partial charge in [-0.15, -0.1) is 0 Å². The minimum absolute atomic E-state index is 0.0177. The highest BCUT2D eigenvalue weighted by Crippen LogP contribution is 2.20. The second kappa shape index (κ2) is 6.48. The number of rotatable bonds is 4. The van der Waals surface area contributed by atoms with Crippen LogP contribution in [0.25, 0.3) is 21.8 Å². The van der Waals surface area contributed by atoms with Crippen LogP contribution in [-0.2, 0) is 9.84 Å². The number of imidazole rings is 1. The molecule has 0 aliphatic rings. The summed E-state index contributed by atoms with van der Waals surface area (Å²) in [4.78, 5) is 24.1. The molecule has 0 fully saturated rings. The molecule has 0 spiro atoms. The summed E-state index contributed by atoms with van der Waals surface area (Å²) in [5.41, 5.74) is 1.36. The van der Waals surface area contributed by atoms with E-state index < -0.39 is 15.7 Å². The van der Waals surface area contributed by atoms with Crippen molar-refractivity contribution in [1.82, 2.24) is 15.0 Å². The Morgan fingerprint density at radius 2 is 1.89 bits per heavy atom. The van der Waals surface area contributed by atoms with Gasteiger partial charge in [0.15, 0.2) is 9.84 Å². The fourth-order valence-corrected chi connectivity index (χ4v) is 3.69. The van der Waals surface area contributed by atoms with Crippen molar-refractivity contribution in [2.75, 3.05) is 11.1 Å². The van der Waals surface area contributed by atoms with E-state index in [1.807, 2.05) is 24.3 Å². The first kappa shape index (κ1) is 17.2. The molecule has 2 aromatic carbocycles. The molecule has 0 aliphatic heterocycles. The minimum Gasteiger partial charge on any atom is -0.324 e. The van der Waals surface area contributed by atoms with Crippen molar-refractivity contribution in [2.24, 2.45) is 0 Å². The van der Waals surface area contributed by atoms with Gasteiger partial charge >= 0.3 is 0 Å². The highest BCUT2D eigenvalue weighted by Gasteiger charge is 2.15. The quantitative estimate of drug-likeness (QED) is 0.566. The number of nitrogens with one attached hydrogen (secondary N) is 2. The molecule has 0 atom stereocenters. The van der Waals surface area contributed by atoms with Gasteiger partial charge in [0.05, 0.1) is 21.7 Å². The summed E-state index contributed by atoms with van der Waals surface area (Å²) in [6.45, 7) is 1.59. The number of carbonyl (C=O) groups excluding carboxylic acids is 1. The van der Waals surface area contributed by atoms with E-state index in [0.29, 0.717) is 11.0 Å². The fourth-order valence-electron chi connectivity index (χ4n) is 2.79. The predicted octanol–water partition coefficient (Wildman–Crippen LogP) is 3.16. The number of H-pyrrole nitrogens is 1. The Balaban J connectivity index is 1.63. The van der Waals surface area contributed by atoms with Gasteiger partial charge in [0.2, 0.25) is 5.95 Å². The number of carbonyl (C=O) groups is 1. The number of fused-ring (bicyclic) bond motifs is 2. The zero-order valence-electron chi connectivity index (χ0n) is 14.4. The third-order valence-electron chi connectivity index (χ3n) is 4.29. The molecule has 0 bridgehead atoms. The Morgan fingerprint density at radius 1 is 1.11 bits per heavy atom. The van der Waals surface area contributed by atoms with Gasteiger partial charge in [-0.05, 0) is 29.7 Å². The van der Waals surface area contributed by atoms with Crippen LogP contribution in [0.2, 0.25) is 0 Å². The average Bonchev–Trinajstić information content (AvgIpc) is 3.08. The molecule has 8 heteroatoms. The van der Waals surface area contributed by atoms with Gasteiger partial charge in [0.25, 0.3) is 5.91 Å². The summed E-state index contributed by atoms with van der Waals surface area (Å²) < 4.78 is 24.0. The van der Waals surface area contributed by atoms with E-state index in [1.54, 1.807) is 25.3 Å². The Hall–Kier alpha value is -3.26. The topological polar surface area (TPSA) is 105 Å². The van der Waals surface area contributed by atoms with Crippen LogP contribution >= 0.6 is 0 Å². The van der Waals surface area contributed by atoms with Gasteiger partial charge in [-0.25, -0.2) is 13.4 Å². The van der Waals surface area contributed by atoms with Crippen molar-refractivity contribution in [3.63, 3.8) is 0 Å². The van der Waals surface area contributed by atoms with Crippen molar-refractivity contribution >= 4 is 43.5 Å². The van der Waals surface area contributed by atoms with E-state index >= 15 is 0 Å². The number of benzene rings is 2. The third-order valence-corrected chi connectivity index (χ3v) is 6.02. The molecule has 2 aromatic heterocycles.